The van der Waals surface area contributed by atoms with Crippen molar-refractivity contribution in [2.45, 2.75) is 32.3 Å². The monoisotopic (exact) mass is 417 g/mol. The summed E-state index contributed by atoms with van der Waals surface area (Å²) in [6.45, 7) is 2.18. The molecule has 158 valence electrons. The fraction of sp³-hybridized carbons (Fsp3) is 0.304. The molecule has 2 amide bonds. The minimum absolute atomic E-state index is 0.138. The predicted molar refractivity (Wildman–Crippen MR) is 116 cm³/mol. The number of nitrogens with one attached hydrogen (secondary N) is 2. The lowest BCUT2D eigenvalue weighted by Gasteiger charge is -2.16. The lowest BCUT2D eigenvalue weighted by molar-refractivity contribution is -0.119. The Morgan fingerprint density at radius 3 is 2.90 bits per heavy atom. The van der Waals surface area contributed by atoms with Crippen molar-refractivity contribution in [2.75, 3.05) is 18.0 Å². The zero-order chi connectivity index (χ0) is 21.4. The summed E-state index contributed by atoms with van der Waals surface area (Å²) < 4.78 is 5.41. The maximum absolute atomic E-state index is 12.4. The number of rotatable bonds is 4. The SMILES string of the molecule is CC(=O)NC[C@H]1CN(c2ccc3c(c2)CCCc2c(-c4ccncc4)n[nH]c2-3)C(=O)O1. The number of aryl methyl sites for hydroxylation is 1. The zero-order valence-electron chi connectivity index (χ0n) is 17.2. The van der Waals surface area contributed by atoms with Crippen LogP contribution in [0.1, 0.15) is 24.5 Å². The second-order valence-corrected chi connectivity index (χ2v) is 7.91. The minimum atomic E-state index is -0.383. The predicted octanol–water partition coefficient (Wildman–Crippen LogP) is 3.09. The third kappa shape index (κ3) is 3.65. The number of amides is 2. The number of anilines is 1. The summed E-state index contributed by atoms with van der Waals surface area (Å²) in [6, 6.07) is 10.0. The molecule has 1 aromatic carbocycles. The number of fused-ring (bicyclic) bond motifs is 3. The highest BCUT2D eigenvalue weighted by molar-refractivity contribution is 5.91. The van der Waals surface area contributed by atoms with E-state index in [2.05, 4.69) is 32.6 Å². The Bertz CT molecular complexity index is 1140. The number of H-pyrrole nitrogens is 1. The van der Waals surface area contributed by atoms with Crippen LogP contribution >= 0.6 is 0 Å². The van der Waals surface area contributed by atoms with E-state index in [0.29, 0.717) is 13.1 Å². The highest BCUT2D eigenvalue weighted by Gasteiger charge is 2.33. The van der Waals surface area contributed by atoms with Crippen LogP contribution in [0.3, 0.4) is 0 Å². The van der Waals surface area contributed by atoms with Gasteiger partial charge in [-0.25, -0.2) is 4.79 Å². The van der Waals surface area contributed by atoms with Crippen molar-refractivity contribution < 1.29 is 14.3 Å². The van der Waals surface area contributed by atoms with Gasteiger partial charge in [-0.1, -0.05) is 6.07 Å². The van der Waals surface area contributed by atoms with Crippen LogP contribution in [0.25, 0.3) is 22.5 Å². The van der Waals surface area contributed by atoms with Gasteiger partial charge in [0.15, 0.2) is 0 Å². The van der Waals surface area contributed by atoms with Gasteiger partial charge in [0.05, 0.1) is 24.5 Å². The number of ether oxygens (including phenoxy) is 1. The molecule has 3 aromatic rings. The summed E-state index contributed by atoms with van der Waals surface area (Å²) in [6.07, 6.45) is 5.67. The Morgan fingerprint density at radius 2 is 2.10 bits per heavy atom. The molecule has 3 heterocycles. The molecule has 8 nitrogen and oxygen atoms in total. The Labute approximate surface area is 179 Å². The number of hydrogen-bond donors (Lipinski definition) is 2. The maximum atomic E-state index is 12.4. The molecule has 2 aromatic heterocycles. The Hall–Kier alpha value is -3.68. The van der Waals surface area contributed by atoms with Crippen molar-refractivity contribution in [3.63, 3.8) is 0 Å². The number of aromatic nitrogens is 3. The molecule has 2 aliphatic rings. The third-order valence-electron chi connectivity index (χ3n) is 5.82. The number of nitrogens with zero attached hydrogens (tertiary/aromatic N) is 3. The van der Waals surface area contributed by atoms with Gasteiger partial charge in [-0.15, -0.1) is 0 Å². The van der Waals surface area contributed by atoms with Crippen molar-refractivity contribution in [2.24, 2.45) is 0 Å². The first kappa shape index (κ1) is 19.3. The van der Waals surface area contributed by atoms with Crippen molar-refractivity contribution >= 4 is 17.7 Å². The van der Waals surface area contributed by atoms with E-state index in [9.17, 15) is 9.59 Å². The maximum Gasteiger partial charge on any atom is 0.414 e. The first-order chi connectivity index (χ1) is 15.1. The fourth-order valence-electron chi connectivity index (χ4n) is 4.33. The third-order valence-corrected chi connectivity index (χ3v) is 5.82. The molecule has 1 fully saturated rings. The van der Waals surface area contributed by atoms with Crippen LogP contribution in [-0.4, -0.2) is 46.4 Å². The van der Waals surface area contributed by atoms with E-state index in [1.165, 1.54) is 18.1 Å². The number of aromatic amines is 1. The van der Waals surface area contributed by atoms with Crippen LogP contribution in [0.5, 0.6) is 0 Å². The number of pyridine rings is 1. The van der Waals surface area contributed by atoms with Gasteiger partial charge >= 0.3 is 6.09 Å². The van der Waals surface area contributed by atoms with Gasteiger partial charge in [0.25, 0.3) is 0 Å². The van der Waals surface area contributed by atoms with E-state index in [0.717, 1.165) is 47.5 Å². The fourth-order valence-corrected chi connectivity index (χ4v) is 4.33. The molecule has 5 rings (SSSR count). The first-order valence-electron chi connectivity index (χ1n) is 10.4. The molecule has 31 heavy (non-hydrogen) atoms. The number of cyclic esters (lactones) is 1. The molecule has 0 spiro atoms. The molecule has 0 unspecified atom stereocenters. The molecular formula is C23H23N5O3. The minimum Gasteiger partial charge on any atom is -0.442 e. The van der Waals surface area contributed by atoms with Crippen LogP contribution in [-0.2, 0) is 22.4 Å². The molecule has 2 N–H and O–H groups in total. The van der Waals surface area contributed by atoms with E-state index >= 15 is 0 Å². The van der Waals surface area contributed by atoms with E-state index in [1.54, 1.807) is 17.3 Å². The zero-order valence-corrected chi connectivity index (χ0v) is 17.2. The standard InChI is InChI=1S/C23H23N5O3/c1-14(29)25-12-18-13-28(23(30)31-18)17-5-6-19-16(11-17)3-2-4-20-21(26-27-22(19)20)15-7-9-24-10-8-15/h5-11,18H,2-4,12-13H2,1H3,(H,25,29)(H,26,27)/t18-/m0/s1. The van der Waals surface area contributed by atoms with Crippen LogP contribution in [0.2, 0.25) is 0 Å². The average molecular weight is 417 g/mol. The highest BCUT2D eigenvalue weighted by Crippen LogP contribution is 2.38. The van der Waals surface area contributed by atoms with E-state index in [4.69, 9.17) is 4.74 Å². The summed E-state index contributed by atoms with van der Waals surface area (Å²) >= 11 is 0. The van der Waals surface area contributed by atoms with Crippen molar-refractivity contribution in [1.82, 2.24) is 20.5 Å². The smallest absolute Gasteiger partial charge is 0.414 e. The molecule has 0 radical (unpaired) electrons. The molecule has 1 aliphatic heterocycles. The summed E-state index contributed by atoms with van der Waals surface area (Å²) in [5.41, 5.74) is 7.39. The second-order valence-electron chi connectivity index (χ2n) is 7.91. The molecule has 8 heteroatoms. The lowest BCUT2D eigenvalue weighted by Crippen LogP contribution is -2.33. The summed E-state index contributed by atoms with van der Waals surface area (Å²) in [7, 11) is 0. The van der Waals surface area contributed by atoms with Crippen molar-refractivity contribution in [3.8, 4) is 22.5 Å². The van der Waals surface area contributed by atoms with Crippen molar-refractivity contribution in [1.29, 1.82) is 0 Å². The molecule has 0 bridgehead atoms. The number of benzene rings is 1. The Kier molecular flexibility index (Phi) is 4.89. The quantitative estimate of drug-likeness (QED) is 0.680. The van der Waals surface area contributed by atoms with Crippen LogP contribution in [0, 0.1) is 0 Å². The topological polar surface area (TPSA) is 100 Å². The van der Waals surface area contributed by atoms with Gasteiger partial charge in [-0.05, 0) is 49.1 Å². The van der Waals surface area contributed by atoms with Gasteiger partial charge in [0.1, 0.15) is 6.10 Å². The molecule has 1 atom stereocenters. The highest BCUT2D eigenvalue weighted by atomic mass is 16.6. The first-order valence-corrected chi connectivity index (χ1v) is 10.4. The number of carbonyl (C=O) groups is 2. The van der Waals surface area contributed by atoms with E-state index < -0.39 is 0 Å². The molecular weight excluding hydrogens is 394 g/mol. The van der Waals surface area contributed by atoms with E-state index in [-0.39, 0.29) is 18.1 Å². The number of hydrogen-bond acceptors (Lipinski definition) is 5. The Balaban J connectivity index is 1.43. The van der Waals surface area contributed by atoms with Gasteiger partial charge in [-0.2, -0.15) is 5.10 Å². The van der Waals surface area contributed by atoms with Gasteiger partial charge < -0.3 is 10.1 Å². The molecule has 1 aliphatic carbocycles. The van der Waals surface area contributed by atoms with Crippen LogP contribution in [0.15, 0.2) is 42.7 Å². The normalized spacial score (nSPS) is 17.5. The van der Waals surface area contributed by atoms with Crippen LogP contribution in [0.4, 0.5) is 10.5 Å². The second kappa shape index (κ2) is 7.86. The average Bonchev–Trinajstić information content (AvgIpc) is 3.31. The number of carbonyl (C=O) groups excluding carboxylic acids is 2. The largest absolute Gasteiger partial charge is 0.442 e. The molecule has 0 saturated carbocycles. The molecule has 1 saturated heterocycles. The van der Waals surface area contributed by atoms with Gasteiger partial charge in [0, 0.05) is 41.7 Å². The van der Waals surface area contributed by atoms with Crippen molar-refractivity contribution in [3.05, 3.63) is 53.9 Å². The summed E-state index contributed by atoms with van der Waals surface area (Å²) in [5.74, 6) is -0.138. The van der Waals surface area contributed by atoms with Crippen LogP contribution < -0.4 is 10.2 Å². The Morgan fingerprint density at radius 1 is 1.26 bits per heavy atom. The summed E-state index contributed by atoms with van der Waals surface area (Å²) in [4.78, 5) is 29.3. The van der Waals surface area contributed by atoms with Gasteiger partial charge in [-0.3, -0.25) is 19.8 Å². The summed E-state index contributed by atoms with van der Waals surface area (Å²) in [5, 5.41) is 10.5. The van der Waals surface area contributed by atoms with E-state index in [1.807, 2.05) is 18.2 Å². The van der Waals surface area contributed by atoms with Gasteiger partial charge in [0.2, 0.25) is 5.91 Å². The lowest BCUT2D eigenvalue weighted by atomic mass is 9.99.